The van der Waals surface area contributed by atoms with Gasteiger partial charge in [0.1, 0.15) is 11.2 Å². The smallest absolute Gasteiger partial charge is 0.214 e. The zero-order valence-corrected chi connectivity index (χ0v) is 20.2. The van der Waals surface area contributed by atoms with Crippen LogP contribution in [0.15, 0.2) is 114 Å². The molecule has 0 radical (unpaired) electrons. The van der Waals surface area contributed by atoms with Gasteiger partial charge in [0.25, 0.3) is 0 Å². The van der Waals surface area contributed by atoms with Gasteiger partial charge in [-0.3, -0.25) is 0 Å². The molecule has 0 N–H and O–H groups in total. The van der Waals surface area contributed by atoms with Gasteiger partial charge in [-0.25, -0.2) is 0 Å². The van der Waals surface area contributed by atoms with Crippen LogP contribution in [0.5, 0.6) is 0 Å². The Morgan fingerprint density at radius 1 is 0.568 bits per heavy atom. The zero-order valence-electron chi connectivity index (χ0n) is 20.2. The molecule has 172 valence electrons. The first-order valence-electron chi connectivity index (χ1n) is 13.0. The summed E-state index contributed by atoms with van der Waals surface area (Å²) in [6.07, 6.45) is 1.92. The number of rotatable bonds is 1. The number of furan rings is 1. The van der Waals surface area contributed by atoms with Crippen molar-refractivity contribution >= 4 is 32.7 Å². The van der Waals surface area contributed by atoms with Gasteiger partial charge in [-0.15, -0.1) is 0 Å². The second-order valence-corrected chi connectivity index (χ2v) is 10.3. The van der Waals surface area contributed by atoms with Crippen LogP contribution in [0.4, 0.5) is 0 Å². The van der Waals surface area contributed by atoms with Crippen LogP contribution in [-0.4, -0.2) is 0 Å². The number of fused-ring (bicyclic) bond motifs is 11. The van der Waals surface area contributed by atoms with Gasteiger partial charge >= 0.3 is 0 Å². The first-order valence-corrected chi connectivity index (χ1v) is 13.0. The first kappa shape index (κ1) is 19.5. The molecule has 0 bridgehead atoms. The number of para-hydroxylation sites is 3. The SMILES string of the molecule is c1ccc2c(c1)Cc1ccc3c([n+]1-2)Cc1cc2ccccc2c(-c2cccc4c2oc2ccccc24)c1-3. The van der Waals surface area contributed by atoms with E-state index in [-0.39, 0.29) is 0 Å². The van der Waals surface area contributed by atoms with Gasteiger partial charge in [-0.1, -0.05) is 78.9 Å². The number of hydrogen-bond acceptors (Lipinski definition) is 1. The molecule has 2 nitrogen and oxygen atoms in total. The average Bonchev–Trinajstić information content (AvgIpc) is 3.62. The zero-order chi connectivity index (χ0) is 24.1. The van der Waals surface area contributed by atoms with Crippen LogP contribution in [0.25, 0.3) is 60.7 Å². The molecular formula is C35H22NO+. The molecule has 3 heterocycles. The lowest BCUT2D eigenvalue weighted by Crippen LogP contribution is -2.36. The second kappa shape index (κ2) is 6.96. The first-order chi connectivity index (χ1) is 18.3. The summed E-state index contributed by atoms with van der Waals surface area (Å²) < 4.78 is 9.06. The summed E-state index contributed by atoms with van der Waals surface area (Å²) in [4.78, 5) is 0. The Hall–Kier alpha value is -4.69. The Morgan fingerprint density at radius 3 is 2.35 bits per heavy atom. The molecule has 0 unspecified atom stereocenters. The van der Waals surface area contributed by atoms with Crippen LogP contribution in [0.2, 0.25) is 0 Å². The molecule has 2 aromatic heterocycles. The summed E-state index contributed by atoms with van der Waals surface area (Å²) in [6.45, 7) is 0. The highest BCUT2D eigenvalue weighted by Crippen LogP contribution is 2.49. The minimum absolute atomic E-state index is 0.931. The maximum atomic E-state index is 6.55. The van der Waals surface area contributed by atoms with Crippen molar-refractivity contribution in [3.8, 4) is 27.9 Å². The highest BCUT2D eigenvalue weighted by atomic mass is 16.3. The quantitative estimate of drug-likeness (QED) is 0.220. The number of aromatic nitrogens is 1. The molecule has 0 saturated heterocycles. The Labute approximate surface area is 214 Å². The molecule has 1 aliphatic carbocycles. The van der Waals surface area contributed by atoms with Gasteiger partial charge in [-0.2, -0.15) is 4.57 Å². The van der Waals surface area contributed by atoms with E-state index in [9.17, 15) is 0 Å². The second-order valence-electron chi connectivity index (χ2n) is 10.3. The van der Waals surface area contributed by atoms with Gasteiger partial charge in [0, 0.05) is 45.2 Å². The fraction of sp³-hybridized carbons (Fsp3) is 0.0571. The van der Waals surface area contributed by atoms with E-state index in [1.807, 2.05) is 6.07 Å². The van der Waals surface area contributed by atoms with Crippen molar-refractivity contribution in [2.45, 2.75) is 12.8 Å². The Bertz CT molecular complexity index is 2100. The van der Waals surface area contributed by atoms with Crippen molar-refractivity contribution in [2.24, 2.45) is 0 Å². The molecule has 1 aliphatic heterocycles. The molecule has 7 aromatic rings. The van der Waals surface area contributed by atoms with Crippen LogP contribution in [0, 0.1) is 0 Å². The molecule has 2 aliphatic rings. The van der Waals surface area contributed by atoms with Crippen molar-refractivity contribution < 1.29 is 8.98 Å². The van der Waals surface area contributed by atoms with Crippen LogP contribution in [-0.2, 0) is 12.8 Å². The third kappa shape index (κ3) is 2.52. The van der Waals surface area contributed by atoms with Gasteiger partial charge in [0.15, 0.2) is 11.4 Å². The van der Waals surface area contributed by atoms with E-state index in [0.29, 0.717) is 0 Å². The van der Waals surface area contributed by atoms with Crippen LogP contribution in [0.1, 0.15) is 22.5 Å². The normalized spacial score (nSPS) is 13.2. The van der Waals surface area contributed by atoms with E-state index in [2.05, 4.69) is 108 Å². The third-order valence-corrected chi connectivity index (χ3v) is 8.35. The van der Waals surface area contributed by atoms with E-state index in [4.69, 9.17) is 4.42 Å². The molecule has 9 rings (SSSR count). The number of benzene rings is 5. The monoisotopic (exact) mass is 472 g/mol. The molecule has 0 fully saturated rings. The van der Waals surface area contributed by atoms with Crippen molar-refractivity contribution in [1.29, 1.82) is 0 Å². The van der Waals surface area contributed by atoms with E-state index in [1.54, 1.807) is 0 Å². The summed E-state index contributed by atoms with van der Waals surface area (Å²) in [7, 11) is 0. The maximum absolute atomic E-state index is 6.55. The maximum Gasteiger partial charge on any atom is 0.214 e. The Balaban J connectivity index is 1.41. The van der Waals surface area contributed by atoms with Crippen molar-refractivity contribution in [1.82, 2.24) is 0 Å². The summed E-state index contributed by atoms with van der Waals surface area (Å²) in [5, 5.41) is 4.89. The molecule has 0 spiro atoms. The van der Waals surface area contributed by atoms with E-state index in [0.717, 1.165) is 24.0 Å². The topological polar surface area (TPSA) is 17.0 Å². The van der Waals surface area contributed by atoms with E-state index < -0.39 is 0 Å². The number of nitrogens with zero attached hydrogens (tertiary/aromatic N) is 1. The molecule has 0 saturated carbocycles. The van der Waals surface area contributed by atoms with Crippen molar-refractivity contribution in [3.63, 3.8) is 0 Å². The summed E-state index contributed by atoms with van der Waals surface area (Å²) in [5.74, 6) is 0. The van der Waals surface area contributed by atoms with Gasteiger partial charge < -0.3 is 4.42 Å². The minimum atomic E-state index is 0.931. The third-order valence-electron chi connectivity index (χ3n) is 8.35. The number of pyridine rings is 1. The lowest BCUT2D eigenvalue weighted by atomic mass is 9.88. The summed E-state index contributed by atoms with van der Waals surface area (Å²) >= 11 is 0. The number of hydrogen-bond donors (Lipinski definition) is 0. The molecule has 37 heavy (non-hydrogen) atoms. The van der Waals surface area contributed by atoms with Gasteiger partial charge in [-0.05, 0) is 34.5 Å². The fourth-order valence-electron chi connectivity index (χ4n) is 6.81. The van der Waals surface area contributed by atoms with Crippen molar-refractivity contribution in [3.05, 3.63) is 132 Å². The molecule has 0 atom stereocenters. The molecule has 5 aromatic carbocycles. The molecular weight excluding hydrogens is 450 g/mol. The van der Waals surface area contributed by atoms with Crippen LogP contribution < -0.4 is 4.57 Å². The minimum Gasteiger partial charge on any atom is -0.455 e. The lowest BCUT2D eigenvalue weighted by molar-refractivity contribution is -0.604. The standard InChI is InChI=1S/C35H22NO/c1-3-10-25-21(8-1)18-23-20-31-28(17-16-24-19-22-9-2-5-14-30(22)36(24)31)33(23)34(25)29-13-7-12-27-26-11-4-6-15-32(26)37-35(27)29/h1-18H,19-20H2/q+1. The van der Waals surface area contributed by atoms with Gasteiger partial charge in [0.2, 0.25) is 5.69 Å². The fourth-order valence-corrected chi connectivity index (χ4v) is 6.81. The van der Waals surface area contributed by atoms with E-state index >= 15 is 0 Å². The van der Waals surface area contributed by atoms with E-state index in [1.165, 1.54) is 72.0 Å². The summed E-state index contributed by atoms with van der Waals surface area (Å²) in [6, 6.07) is 39.7. The highest BCUT2D eigenvalue weighted by Gasteiger charge is 2.37. The Morgan fingerprint density at radius 2 is 1.38 bits per heavy atom. The average molecular weight is 473 g/mol. The molecule has 2 heteroatoms. The molecule has 0 amide bonds. The predicted octanol–water partition coefficient (Wildman–Crippen LogP) is 8.16. The van der Waals surface area contributed by atoms with Gasteiger partial charge in [0.05, 0.1) is 18.4 Å². The van der Waals surface area contributed by atoms with Crippen LogP contribution in [0.3, 0.4) is 0 Å². The van der Waals surface area contributed by atoms with Crippen LogP contribution >= 0.6 is 0 Å². The largest absolute Gasteiger partial charge is 0.455 e. The predicted molar refractivity (Wildman–Crippen MR) is 149 cm³/mol. The van der Waals surface area contributed by atoms with Crippen molar-refractivity contribution in [2.75, 3.05) is 0 Å². The lowest BCUT2D eigenvalue weighted by Gasteiger charge is -2.14. The highest BCUT2D eigenvalue weighted by molar-refractivity contribution is 6.15. The summed E-state index contributed by atoms with van der Waals surface area (Å²) in [5.41, 5.74) is 13.9. The Kier molecular flexibility index (Phi) is 3.66.